The van der Waals surface area contributed by atoms with Crippen molar-refractivity contribution < 1.29 is 13.0 Å². The second kappa shape index (κ2) is 4.39. The van der Waals surface area contributed by atoms with Crippen molar-refractivity contribution in [3.63, 3.8) is 0 Å². The Morgan fingerprint density at radius 3 is 2.08 bits per heavy atom. The second-order valence-electron chi connectivity index (χ2n) is 1.66. The third-order valence-electron chi connectivity index (χ3n) is 0.936. The molecule has 70 valence electrons. The molecule has 1 heterocycles. The third kappa shape index (κ3) is 2.68. The van der Waals surface area contributed by atoms with E-state index in [1.807, 2.05) is 0 Å². The Hall–Kier alpha value is 0.860. The summed E-state index contributed by atoms with van der Waals surface area (Å²) in [6.45, 7) is 0. The molecule has 1 aromatic heterocycles. The van der Waals surface area contributed by atoms with Gasteiger partial charge in [-0.05, 0) is 31.9 Å². The number of hydrogen-bond acceptors (Lipinski definition) is 3. The monoisotopic (exact) mass is 356 g/mol. The molecule has 0 fully saturated rings. The molecular formula is C4H3Br2ClO3S2. The van der Waals surface area contributed by atoms with Crippen molar-refractivity contribution in [2.45, 2.75) is 4.90 Å². The summed E-state index contributed by atoms with van der Waals surface area (Å²) >= 11 is 7.30. The molecule has 0 aliphatic carbocycles. The predicted octanol–water partition coefficient (Wildman–Crippen LogP) is 2.94. The highest BCUT2D eigenvalue weighted by Crippen LogP contribution is 2.35. The molecule has 0 saturated carbocycles. The van der Waals surface area contributed by atoms with E-state index in [0.29, 0.717) is 8.26 Å². The van der Waals surface area contributed by atoms with Crippen molar-refractivity contribution in [3.8, 4) is 0 Å². The van der Waals surface area contributed by atoms with Gasteiger partial charge in [-0.1, -0.05) is 0 Å². The van der Waals surface area contributed by atoms with Gasteiger partial charge in [-0.2, -0.15) is 8.42 Å². The third-order valence-corrected chi connectivity index (χ3v) is 5.57. The molecule has 0 aliphatic heterocycles. The first-order chi connectivity index (χ1) is 4.93. The molecule has 0 unspecified atom stereocenters. The first-order valence-corrected chi connectivity index (χ1v) is 6.23. The maximum absolute atomic E-state index is 10.6. The van der Waals surface area contributed by atoms with Gasteiger partial charge in [0.15, 0.2) is 0 Å². The van der Waals surface area contributed by atoms with Crippen LogP contribution in [0, 0.1) is 0 Å². The van der Waals surface area contributed by atoms with Crippen LogP contribution in [0.15, 0.2) is 18.5 Å². The van der Waals surface area contributed by atoms with Gasteiger partial charge in [0.05, 0.1) is 8.26 Å². The van der Waals surface area contributed by atoms with Crippen LogP contribution >= 0.6 is 55.6 Å². The maximum atomic E-state index is 10.6. The Morgan fingerprint density at radius 1 is 1.42 bits per heavy atom. The van der Waals surface area contributed by atoms with Gasteiger partial charge in [0.25, 0.3) is 10.1 Å². The lowest BCUT2D eigenvalue weighted by atomic mass is 10.7. The van der Waals surface area contributed by atoms with Crippen LogP contribution in [0.4, 0.5) is 0 Å². The Bertz CT molecular complexity index is 372. The van der Waals surface area contributed by atoms with Gasteiger partial charge in [0.2, 0.25) is 0 Å². The first-order valence-electron chi connectivity index (χ1n) is 2.33. The van der Waals surface area contributed by atoms with Crippen LogP contribution in [0.3, 0.4) is 0 Å². The molecule has 0 radical (unpaired) electrons. The van der Waals surface area contributed by atoms with E-state index < -0.39 is 10.1 Å². The normalized spacial score (nSPS) is 10.9. The molecular weight excluding hydrogens is 355 g/mol. The lowest BCUT2D eigenvalue weighted by Crippen LogP contribution is -1.95. The second-order valence-corrected chi connectivity index (χ2v) is 6.04. The van der Waals surface area contributed by atoms with Crippen LogP contribution in [0.1, 0.15) is 0 Å². The Balaban J connectivity index is 0.00000121. The van der Waals surface area contributed by atoms with Crippen LogP contribution in [0.5, 0.6) is 0 Å². The van der Waals surface area contributed by atoms with E-state index in [1.54, 1.807) is 0 Å². The highest BCUT2D eigenvalue weighted by molar-refractivity contribution is 9.13. The van der Waals surface area contributed by atoms with Crippen molar-refractivity contribution >= 4 is 65.7 Å². The summed E-state index contributed by atoms with van der Waals surface area (Å²) in [6, 6.07) is 0. The zero-order chi connectivity index (χ0) is 8.65. The summed E-state index contributed by atoms with van der Waals surface area (Å²) in [7, 11) is -4.08. The van der Waals surface area contributed by atoms with E-state index in [2.05, 4.69) is 31.9 Å². The molecule has 0 saturated heterocycles. The molecule has 0 atom stereocenters. The minimum Gasteiger partial charge on any atom is -0.282 e. The van der Waals surface area contributed by atoms with Crippen LogP contribution < -0.4 is 0 Å². The molecule has 0 aliphatic rings. The SMILES string of the molecule is Cl.O=S(=O)(O)c1csc(Br)c1Br. The Morgan fingerprint density at radius 2 is 1.92 bits per heavy atom. The van der Waals surface area contributed by atoms with Gasteiger partial charge in [-0.15, -0.1) is 23.7 Å². The van der Waals surface area contributed by atoms with Crippen molar-refractivity contribution in [1.29, 1.82) is 0 Å². The van der Waals surface area contributed by atoms with Gasteiger partial charge in [0, 0.05) is 5.38 Å². The summed E-state index contributed by atoms with van der Waals surface area (Å²) in [4.78, 5) is -0.102. The first kappa shape index (κ1) is 12.9. The lowest BCUT2D eigenvalue weighted by Gasteiger charge is -1.91. The van der Waals surface area contributed by atoms with Crippen molar-refractivity contribution in [1.82, 2.24) is 0 Å². The molecule has 1 aromatic rings. The number of thiophene rings is 1. The lowest BCUT2D eigenvalue weighted by molar-refractivity contribution is 0.483. The highest BCUT2D eigenvalue weighted by Gasteiger charge is 2.17. The molecule has 3 nitrogen and oxygen atoms in total. The van der Waals surface area contributed by atoms with E-state index in [0.717, 1.165) is 0 Å². The van der Waals surface area contributed by atoms with E-state index >= 15 is 0 Å². The summed E-state index contributed by atoms with van der Waals surface area (Å²) in [5, 5.41) is 1.35. The minimum atomic E-state index is -4.08. The molecule has 12 heavy (non-hydrogen) atoms. The van der Waals surface area contributed by atoms with E-state index in [9.17, 15) is 8.42 Å². The average Bonchev–Trinajstić information content (AvgIpc) is 2.11. The summed E-state index contributed by atoms with van der Waals surface area (Å²) in [5.41, 5.74) is 0. The van der Waals surface area contributed by atoms with Crippen LogP contribution in [-0.4, -0.2) is 13.0 Å². The topological polar surface area (TPSA) is 54.4 Å². The van der Waals surface area contributed by atoms with Crippen molar-refractivity contribution in [2.75, 3.05) is 0 Å². The van der Waals surface area contributed by atoms with E-state index in [1.165, 1.54) is 16.7 Å². The summed E-state index contributed by atoms with van der Waals surface area (Å²) in [5.74, 6) is 0. The average molecular weight is 358 g/mol. The molecule has 1 N–H and O–H groups in total. The number of rotatable bonds is 1. The fourth-order valence-electron chi connectivity index (χ4n) is 0.480. The van der Waals surface area contributed by atoms with Crippen molar-refractivity contribution in [2.24, 2.45) is 0 Å². The van der Waals surface area contributed by atoms with Crippen LogP contribution in [0.2, 0.25) is 0 Å². The minimum absolute atomic E-state index is 0. The molecule has 0 spiro atoms. The largest absolute Gasteiger partial charge is 0.296 e. The molecule has 0 aromatic carbocycles. The highest BCUT2D eigenvalue weighted by atomic mass is 79.9. The van der Waals surface area contributed by atoms with Gasteiger partial charge < -0.3 is 0 Å². The van der Waals surface area contributed by atoms with Gasteiger partial charge >= 0.3 is 0 Å². The Labute approximate surface area is 96.6 Å². The van der Waals surface area contributed by atoms with Gasteiger partial charge in [0.1, 0.15) is 4.90 Å². The van der Waals surface area contributed by atoms with Gasteiger partial charge in [-0.3, -0.25) is 4.55 Å². The molecule has 0 amide bonds. The fourth-order valence-corrected chi connectivity index (χ4v) is 3.83. The predicted molar refractivity (Wildman–Crippen MR) is 56.8 cm³/mol. The smallest absolute Gasteiger partial charge is 0.282 e. The fraction of sp³-hybridized carbons (Fsp3) is 0. The number of halogens is 3. The molecule has 1 rings (SSSR count). The van der Waals surface area contributed by atoms with Crippen molar-refractivity contribution in [3.05, 3.63) is 13.6 Å². The molecule has 8 heteroatoms. The maximum Gasteiger partial charge on any atom is 0.296 e. The van der Waals surface area contributed by atoms with E-state index in [-0.39, 0.29) is 17.3 Å². The van der Waals surface area contributed by atoms with Crippen LogP contribution in [0.25, 0.3) is 0 Å². The van der Waals surface area contributed by atoms with Crippen LogP contribution in [-0.2, 0) is 10.1 Å². The quantitative estimate of drug-likeness (QED) is 0.786. The van der Waals surface area contributed by atoms with E-state index in [4.69, 9.17) is 4.55 Å². The number of hydrogen-bond donors (Lipinski definition) is 1. The summed E-state index contributed by atoms with van der Waals surface area (Å²) < 4.78 is 30.8. The zero-order valence-electron chi connectivity index (χ0n) is 5.32. The zero-order valence-corrected chi connectivity index (χ0v) is 10.9. The standard InChI is InChI=1S/C4H2Br2O3S2.ClH/c5-3-2(11(7,8)9)1-10-4(3)6;/h1H,(H,7,8,9);1H. The molecule has 0 bridgehead atoms. The summed E-state index contributed by atoms with van der Waals surface area (Å²) in [6.07, 6.45) is 0. The Kier molecular flexibility index (Phi) is 4.70. The van der Waals surface area contributed by atoms with Gasteiger partial charge in [-0.25, -0.2) is 0 Å².